The lowest BCUT2D eigenvalue weighted by Gasteiger charge is -2.23. The van der Waals surface area contributed by atoms with Crippen molar-refractivity contribution in [1.82, 2.24) is 9.78 Å². The van der Waals surface area contributed by atoms with Crippen molar-refractivity contribution >= 4 is 0 Å². The highest BCUT2D eigenvalue weighted by atomic mass is 16.5. The van der Waals surface area contributed by atoms with E-state index in [2.05, 4.69) is 12.0 Å². The molecule has 1 atom stereocenters. The van der Waals surface area contributed by atoms with E-state index in [0.29, 0.717) is 12.8 Å². The molecule has 0 saturated carbocycles. The number of rotatable bonds is 6. The number of aromatic nitrogens is 2. The Kier molecular flexibility index (Phi) is 4.68. The minimum Gasteiger partial charge on any atom is -0.497 e. The zero-order chi connectivity index (χ0) is 15.5. The average molecular weight is 288 g/mol. The summed E-state index contributed by atoms with van der Waals surface area (Å²) in [7, 11) is 1.65. The topological polar surface area (TPSA) is 47.3 Å². The Balaban J connectivity index is 2.09. The third kappa shape index (κ3) is 4.08. The smallest absolute Gasteiger partial charge is 0.118 e. The molecule has 1 aromatic carbocycles. The minimum absolute atomic E-state index is 0.591. The van der Waals surface area contributed by atoms with Gasteiger partial charge in [-0.25, -0.2) is 0 Å². The molecule has 0 saturated heterocycles. The van der Waals surface area contributed by atoms with Crippen LogP contribution in [0.25, 0.3) is 0 Å². The van der Waals surface area contributed by atoms with E-state index in [4.69, 9.17) is 4.74 Å². The van der Waals surface area contributed by atoms with Crippen molar-refractivity contribution in [2.75, 3.05) is 7.11 Å². The van der Waals surface area contributed by atoms with Crippen LogP contribution in [0.3, 0.4) is 0 Å². The maximum atomic E-state index is 10.7. The number of ether oxygens (including phenoxy) is 1. The van der Waals surface area contributed by atoms with Crippen molar-refractivity contribution in [3.8, 4) is 5.75 Å². The number of aliphatic hydroxyl groups is 1. The Morgan fingerprint density at radius 2 is 1.90 bits per heavy atom. The van der Waals surface area contributed by atoms with Crippen LogP contribution in [0, 0.1) is 6.92 Å². The lowest BCUT2D eigenvalue weighted by Crippen LogP contribution is -2.31. The van der Waals surface area contributed by atoms with Gasteiger partial charge >= 0.3 is 0 Å². The standard InChI is InChI=1S/C17H24N2O2/c1-5-19-15(10-13(2)18-19)12-17(3,20)11-14-6-8-16(21-4)9-7-14/h6-10,20H,5,11-12H2,1-4H3. The molecule has 1 N–H and O–H groups in total. The molecule has 0 amide bonds. The molecule has 0 bridgehead atoms. The SMILES string of the molecule is CCn1nc(C)cc1CC(C)(O)Cc1ccc(OC)cc1. The fourth-order valence-electron chi connectivity index (χ4n) is 2.65. The van der Waals surface area contributed by atoms with Crippen molar-refractivity contribution in [1.29, 1.82) is 0 Å². The summed E-state index contributed by atoms with van der Waals surface area (Å²) in [6.45, 7) is 6.74. The summed E-state index contributed by atoms with van der Waals surface area (Å²) in [5.41, 5.74) is 2.37. The van der Waals surface area contributed by atoms with Crippen LogP contribution in [0.15, 0.2) is 30.3 Å². The monoisotopic (exact) mass is 288 g/mol. The normalized spacial score (nSPS) is 14.0. The van der Waals surface area contributed by atoms with E-state index in [1.807, 2.05) is 48.9 Å². The highest BCUT2D eigenvalue weighted by molar-refractivity contribution is 5.28. The maximum Gasteiger partial charge on any atom is 0.118 e. The van der Waals surface area contributed by atoms with E-state index in [-0.39, 0.29) is 0 Å². The molecule has 21 heavy (non-hydrogen) atoms. The zero-order valence-corrected chi connectivity index (χ0v) is 13.3. The molecule has 4 heteroatoms. The summed E-state index contributed by atoms with van der Waals surface area (Å²) in [6.07, 6.45) is 1.19. The number of benzene rings is 1. The largest absolute Gasteiger partial charge is 0.497 e. The van der Waals surface area contributed by atoms with Crippen LogP contribution in [-0.4, -0.2) is 27.6 Å². The van der Waals surface area contributed by atoms with Crippen molar-refractivity contribution in [2.45, 2.75) is 45.8 Å². The quantitative estimate of drug-likeness (QED) is 0.889. The summed E-state index contributed by atoms with van der Waals surface area (Å²) in [5, 5.41) is 15.1. The molecule has 2 rings (SSSR count). The van der Waals surface area contributed by atoms with E-state index >= 15 is 0 Å². The van der Waals surface area contributed by atoms with E-state index in [1.165, 1.54) is 0 Å². The van der Waals surface area contributed by atoms with Crippen LogP contribution in [0.1, 0.15) is 30.8 Å². The lowest BCUT2D eigenvalue weighted by atomic mass is 9.91. The third-order valence-corrected chi connectivity index (χ3v) is 3.59. The van der Waals surface area contributed by atoms with Gasteiger partial charge in [0.15, 0.2) is 0 Å². The Morgan fingerprint density at radius 1 is 1.24 bits per heavy atom. The molecular weight excluding hydrogens is 264 g/mol. The van der Waals surface area contributed by atoms with Gasteiger partial charge in [0.05, 0.1) is 18.4 Å². The molecule has 0 radical (unpaired) electrons. The molecule has 2 aromatic rings. The fraction of sp³-hybridized carbons (Fsp3) is 0.471. The Bertz CT molecular complexity index is 585. The predicted molar refractivity (Wildman–Crippen MR) is 83.7 cm³/mol. The number of hydrogen-bond acceptors (Lipinski definition) is 3. The van der Waals surface area contributed by atoms with Gasteiger partial charge in [0.1, 0.15) is 5.75 Å². The first-order chi connectivity index (χ1) is 9.93. The van der Waals surface area contributed by atoms with Gasteiger partial charge in [-0.1, -0.05) is 12.1 Å². The highest BCUT2D eigenvalue weighted by Gasteiger charge is 2.23. The van der Waals surface area contributed by atoms with E-state index in [9.17, 15) is 5.11 Å². The first-order valence-corrected chi connectivity index (χ1v) is 7.32. The van der Waals surface area contributed by atoms with E-state index in [1.54, 1.807) is 7.11 Å². The second kappa shape index (κ2) is 6.31. The minimum atomic E-state index is -0.798. The molecule has 1 unspecified atom stereocenters. The number of aryl methyl sites for hydroxylation is 2. The van der Waals surface area contributed by atoms with Crippen LogP contribution in [0.4, 0.5) is 0 Å². The van der Waals surface area contributed by atoms with Crippen LogP contribution in [0.5, 0.6) is 5.75 Å². The molecule has 4 nitrogen and oxygen atoms in total. The molecule has 0 aliphatic heterocycles. The highest BCUT2D eigenvalue weighted by Crippen LogP contribution is 2.21. The Labute approximate surface area is 126 Å². The summed E-state index contributed by atoms with van der Waals surface area (Å²) >= 11 is 0. The molecule has 0 aliphatic carbocycles. The first-order valence-electron chi connectivity index (χ1n) is 7.32. The number of methoxy groups -OCH3 is 1. The number of nitrogens with zero attached hydrogens (tertiary/aromatic N) is 2. The second-order valence-electron chi connectivity index (χ2n) is 5.79. The number of hydrogen-bond donors (Lipinski definition) is 1. The Hall–Kier alpha value is -1.81. The van der Waals surface area contributed by atoms with Crippen LogP contribution < -0.4 is 4.74 Å². The zero-order valence-electron chi connectivity index (χ0n) is 13.3. The van der Waals surface area contributed by atoms with Gasteiger partial charge in [0, 0.05) is 25.1 Å². The van der Waals surface area contributed by atoms with Gasteiger partial charge in [0.25, 0.3) is 0 Å². The summed E-state index contributed by atoms with van der Waals surface area (Å²) in [5.74, 6) is 0.832. The van der Waals surface area contributed by atoms with Gasteiger partial charge in [-0.05, 0) is 44.5 Å². The summed E-state index contributed by atoms with van der Waals surface area (Å²) < 4.78 is 7.11. The molecule has 1 heterocycles. The lowest BCUT2D eigenvalue weighted by molar-refractivity contribution is 0.0586. The van der Waals surface area contributed by atoms with Gasteiger partial charge in [-0.3, -0.25) is 4.68 Å². The molecule has 0 aliphatic rings. The van der Waals surface area contributed by atoms with E-state index in [0.717, 1.165) is 29.2 Å². The van der Waals surface area contributed by atoms with Crippen LogP contribution in [0.2, 0.25) is 0 Å². The van der Waals surface area contributed by atoms with Crippen molar-refractivity contribution in [2.24, 2.45) is 0 Å². The summed E-state index contributed by atoms with van der Waals surface area (Å²) in [6, 6.07) is 9.88. The third-order valence-electron chi connectivity index (χ3n) is 3.59. The maximum absolute atomic E-state index is 10.7. The van der Waals surface area contributed by atoms with Crippen LogP contribution >= 0.6 is 0 Å². The summed E-state index contributed by atoms with van der Waals surface area (Å²) in [4.78, 5) is 0. The van der Waals surface area contributed by atoms with Crippen molar-refractivity contribution in [3.05, 3.63) is 47.3 Å². The molecular formula is C17H24N2O2. The first kappa shape index (κ1) is 15.6. The van der Waals surface area contributed by atoms with Gasteiger partial charge in [-0.2, -0.15) is 5.10 Å². The van der Waals surface area contributed by atoms with Crippen LogP contribution in [-0.2, 0) is 19.4 Å². The van der Waals surface area contributed by atoms with Gasteiger partial charge in [0.2, 0.25) is 0 Å². The second-order valence-corrected chi connectivity index (χ2v) is 5.79. The molecule has 114 valence electrons. The van der Waals surface area contributed by atoms with E-state index < -0.39 is 5.60 Å². The Morgan fingerprint density at radius 3 is 2.48 bits per heavy atom. The van der Waals surface area contributed by atoms with Crippen molar-refractivity contribution in [3.63, 3.8) is 0 Å². The fourth-order valence-corrected chi connectivity index (χ4v) is 2.65. The van der Waals surface area contributed by atoms with Crippen molar-refractivity contribution < 1.29 is 9.84 Å². The van der Waals surface area contributed by atoms with Gasteiger partial charge < -0.3 is 9.84 Å². The molecule has 0 spiro atoms. The van der Waals surface area contributed by atoms with Gasteiger partial charge in [-0.15, -0.1) is 0 Å². The average Bonchev–Trinajstić information content (AvgIpc) is 2.78. The predicted octanol–water partition coefficient (Wildman–Crippen LogP) is 2.76. The molecule has 0 fully saturated rings. The molecule has 1 aromatic heterocycles.